The first-order valence-electron chi connectivity index (χ1n) is 6.84. The molecule has 0 saturated heterocycles. The molecule has 0 aliphatic carbocycles. The fourth-order valence-corrected chi connectivity index (χ4v) is 2.97. The number of hydrogen-bond acceptors (Lipinski definition) is 3. The maximum atomic E-state index is 6.27. The van der Waals surface area contributed by atoms with E-state index < -0.39 is 0 Å². The highest BCUT2D eigenvalue weighted by Gasteiger charge is 2.15. The molecule has 0 spiro atoms. The summed E-state index contributed by atoms with van der Waals surface area (Å²) in [5.74, 6) is 2.98. The number of hydrogen-bond donors (Lipinski definition) is 0. The number of rotatable bonds is 7. The second-order valence-corrected chi connectivity index (χ2v) is 6.43. The molecule has 1 aromatic carbocycles. The van der Waals surface area contributed by atoms with Gasteiger partial charge in [0.05, 0.1) is 23.5 Å². The predicted molar refractivity (Wildman–Crippen MR) is 88.2 cm³/mol. The van der Waals surface area contributed by atoms with Gasteiger partial charge in [-0.2, -0.15) is 11.8 Å². The summed E-state index contributed by atoms with van der Waals surface area (Å²) in [4.78, 5) is 4.67. The van der Waals surface area contributed by atoms with E-state index in [2.05, 4.69) is 21.9 Å². The number of halogens is 1. The molecule has 0 amide bonds. The lowest BCUT2D eigenvalue weighted by molar-refractivity contribution is 0.415. The maximum Gasteiger partial charge on any atom is 0.127 e. The van der Waals surface area contributed by atoms with Gasteiger partial charge < -0.3 is 9.30 Å². The van der Waals surface area contributed by atoms with Crippen LogP contribution >= 0.6 is 23.4 Å². The Morgan fingerprint density at radius 3 is 2.85 bits per heavy atom. The van der Waals surface area contributed by atoms with Gasteiger partial charge in [0.2, 0.25) is 0 Å². The van der Waals surface area contributed by atoms with E-state index >= 15 is 0 Å². The third-order valence-electron chi connectivity index (χ3n) is 3.32. The number of aromatic nitrogens is 2. The number of imidazole rings is 1. The SMILES string of the molecule is COc1ccc2c(c1)nc(C(C)Cl)n2CCCCSC. The van der Waals surface area contributed by atoms with Crippen molar-refractivity contribution in [3.8, 4) is 5.75 Å². The van der Waals surface area contributed by atoms with Crippen LogP contribution in [0.2, 0.25) is 0 Å². The Bertz CT molecular complexity index is 568. The number of ether oxygens (including phenoxy) is 1. The second-order valence-electron chi connectivity index (χ2n) is 4.79. The van der Waals surface area contributed by atoms with Gasteiger partial charge in [0.1, 0.15) is 11.6 Å². The van der Waals surface area contributed by atoms with Gasteiger partial charge in [-0.15, -0.1) is 11.6 Å². The van der Waals surface area contributed by atoms with E-state index in [0.717, 1.165) is 35.6 Å². The summed E-state index contributed by atoms with van der Waals surface area (Å²) in [5.41, 5.74) is 2.09. The number of fused-ring (bicyclic) bond motifs is 1. The summed E-state index contributed by atoms with van der Waals surface area (Å²) < 4.78 is 7.50. The molecule has 2 rings (SSSR count). The normalized spacial score (nSPS) is 12.8. The highest BCUT2D eigenvalue weighted by atomic mass is 35.5. The monoisotopic (exact) mass is 312 g/mol. The number of thioether (sulfide) groups is 1. The van der Waals surface area contributed by atoms with Crippen LogP contribution in [0, 0.1) is 0 Å². The lowest BCUT2D eigenvalue weighted by atomic mass is 10.3. The minimum atomic E-state index is -0.0889. The molecule has 5 heteroatoms. The largest absolute Gasteiger partial charge is 0.497 e. The second kappa shape index (κ2) is 7.23. The van der Waals surface area contributed by atoms with Crippen molar-refractivity contribution >= 4 is 34.4 Å². The van der Waals surface area contributed by atoms with Crippen molar-refractivity contribution in [1.82, 2.24) is 9.55 Å². The molecule has 110 valence electrons. The summed E-state index contributed by atoms with van der Waals surface area (Å²) in [6, 6.07) is 6.01. The van der Waals surface area contributed by atoms with Crippen LogP contribution < -0.4 is 4.74 Å². The van der Waals surface area contributed by atoms with Crippen molar-refractivity contribution < 1.29 is 4.74 Å². The van der Waals surface area contributed by atoms with Crippen LogP contribution in [0.1, 0.15) is 31.0 Å². The molecular weight excluding hydrogens is 292 g/mol. The van der Waals surface area contributed by atoms with Gasteiger partial charge in [-0.1, -0.05) is 0 Å². The lowest BCUT2D eigenvalue weighted by Gasteiger charge is -2.10. The maximum absolute atomic E-state index is 6.27. The van der Waals surface area contributed by atoms with Crippen molar-refractivity contribution in [3.05, 3.63) is 24.0 Å². The smallest absolute Gasteiger partial charge is 0.127 e. The Kier molecular flexibility index (Phi) is 5.61. The van der Waals surface area contributed by atoms with Crippen LogP contribution in [-0.2, 0) is 6.54 Å². The number of benzene rings is 1. The molecule has 0 aliphatic heterocycles. The molecule has 0 saturated carbocycles. The Labute approximate surface area is 129 Å². The van der Waals surface area contributed by atoms with Gasteiger partial charge in [-0.05, 0) is 43.9 Å². The summed E-state index contributed by atoms with van der Waals surface area (Å²) in [6.45, 7) is 2.94. The third kappa shape index (κ3) is 3.41. The lowest BCUT2D eigenvalue weighted by Crippen LogP contribution is -2.05. The van der Waals surface area contributed by atoms with Crippen molar-refractivity contribution in [2.24, 2.45) is 0 Å². The van der Waals surface area contributed by atoms with Gasteiger partial charge in [0.15, 0.2) is 0 Å². The van der Waals surface area contributed by atoms with Crippen molar-refractivity contribution in [2.45, 2.75) is 31.7 Å². The molecule has 0 fully saturated rings. The van der Waals surface area contributed by atoms with Crippen LogP contribution in [0.15, 0.2) is 18.2 Å². The quantitative estimate of drug-likeness (QED) is 0.557. The zero-order valence-electron chi connectivity index (χ0n) is 12.2. The minimum absolute atomic E-state index is 0.0889. The van der Waals surface area contributed by atoms with Gasteiger partial charge in [0.25, 0.3) is 0 Å². The molecule has 3 nitrogen and oxygen atoms in total. The Morgan fingerprint density at radius 2 is 2.20 bits per heavy atom. The van der Waals surface area contributed by atoms with Crippen LogP contribution in [0.4, 0.5) is 0 Å². The number of aryl methyl sites for hydroxylation is 1. The molecule has 1 atom stereocenters. The van der Waals surface area contributed by atoms with E-state index in [1.165, 1.54) is 12.2 Å². The molecule has 1 heterocycles. The van der Waals surface area contributed by atoms with E-state index in [9.17, 15) is 0 Å². The molecule has 0 N–H and O–H groups in total. The molecule has 0 radical (unpaired) electrons. The summed E-state index contributed by atoms with van der Waals surface area (Å²) in [6.07, 6.45) is 4.51. The standard InChI is InChI=1S/C15H21ClN2OS/c1-11(16)15-17-13-10-12(19-2)6-7-14(13)18(15)8-4-5-9-20-3/h6-7,10-11H,4-5,8-9H2,1-3H3. The zero-order valence-corrected chi connectivity index (χ0v) is 13.8. The van der Waals surface area contributed by atoms with Gasteiger partial charge in [-0.3, -0.25) is 0 Å². The molecule has 0 bridgehead atoms. The van der Waals surface area contributed by atoms with Crippen molar-refractivity contribution in [3.63, 3.8) is 0 Å². The van der Waals surface area contributed by atoms with Crippen LogP contribution in [0.3, 0.4) is 0 Å². The van der Waals surface area contributed by atoms with Crippen molar-refractivity contribution in [1.29, 1.82) is 0 Å². The van der Waals surface area contributed by atoms with Gasteiger partial charge >= 0.3 is 0 Å². The molecular formula is C15H21ClN2OS. The van der Waals surface area contributed by atoms with Gasteiger partial charge in [0, 0.05) is 12.6 Å². The summed E-state index contributed by atoms with van der Waals surface area (Å²) >= 11 is 8.17. The predicted octanol–water partition coefficient (Wildman–Crippen LogP) is 4.49. The molecule has 1 unspecified atom stereocenters. The highest BCUT2D eigenvalue weighted by Crippen LogP contribution is 2.27. The Hall–Kier alpha value is -0.870. The Balaban J connectivity index is 2.31. The first kappa shape index (κ1) is 15.5. The molecule has 20 heavy (non-hydrogen) atoms. The summed E-state index contributed by atoms with van der Waals surface area (Å²) in [5, 5.41) is -0.0889. The average Bonchev–Trinajstić information content (AvgIpc) is 2.81. The topological polar surface area (TPSA) is 27.1 Å². The first-order valence-corrected chi connectivity index (χ1v) is 8.67. The third-order valence-corrected chi connectivity index (χ3v) is 4.21. The van der Waals surface area contributed by atoms with E-state index in [1.807, 2.05) is 30.8 Å². The minimum Gasteiger partial charge on any atom is -0.497 e. The zero-order chi connectivity index (χ0) is 14.5. The number of nitrogens with zero attached hydrogens (tertiary/aromatic N) is 2. The van der Waals surface area contributed by atoms with Crippen LogP contribution in [0.5, 0.6) is 5.75 Å². The fraction of sp³-hybridized carbons (Fsp3) is 0.533. The highest BCUT2D eigenvalue weighted by molar-refractivity contribution is 7.98. The van der Waals surface area contributed by atoms with E-state index in [4.69, 9.17) is 16.3 Å². The van der Waals surface area contributed by atoms with E-state index in [1.54, 1.807) is 7.11 Å². The first-order chi connectivity index (χ1) is 9.67. The number of methoxy groups -OCH3 is 1. The van der Waals surface area contributed by atoms with E-state index in [-0.39, 0.29) is 5.38 Å². The van der Waals surface area contributed by atoms with Crippen molar-refractivity contribution in [2.75, 3.05) is 19.1 Å². The number of alkyl halides is 1. The molecule has 1 aromatic heterocycles. The van der Waals surface area contributed by atoms with Crippen LogP contribution in [-0.4, -0.2) is 28.7 Å². The Morgan fingerprint density at radius 1 is 1.40 bits per heavy atom. The molecule has 0 aliphatic rings. The van der Waals surface area contributed by atoms with E-state index in [0.29, 0.717) is 0 Å². The summed E-state index contributed by atoms with van der Waals surface area (Å²) in [7, 11) is 1.67. The molecule has 2 aromatic rings. The average molecular weight is 313 g/mol. The van der Waals surface area contributed by atoms with Crippen LogP contribution in [0.25, 0.3) is 11.0 Å². The number of unbranched alkanes of at least 4 members (excludes halogenated alkanes) is 1. The fourth-order valence-electron chi connectivity index (χ4n) is 2.31. The van der Waals surface area contributed by atoms with Gasteiger partial charge in [-0.25, -0.2) is 4.98 Å².